The molecule has 0 bridgehead atoms. The van der Waals surface area contributed by atoms with E-state index in [0.717, 1.165) is 11.5 Å². The molecule has 24 heavy (non-hydrogen) atoms. The molecule has 5 rings (SSSR count). The van der Waals surface area contributed by atoms with Crippen LogP contribution < -0.4 is 4.74 Å². The zero-order chi connectivity index (χ0) is 16.1. The number of hydrogen-bond donors (Lipinski definition) is 0. The average Bonchev–Trinajstić information content (AvgIpc) is 2.93. The molecule has 0 saturated carbocycles. The van der Waals surface area contributed by atoms with Crippen molar-refractivity contribution in [2.45, 2.75) is 18.8 Å². The highest BCUT2D eigenvalue weighted by atomic mass is 16.5. The highest BCUT2D eigenvalue weighted by Crippen LogP contribution is 2.54. The van der Waals surface area contributed by atoms with Crippen molar-refractivity contribution in [2.75, 3.05) is 0 Å². The molecule has 0 N–H and O–H groups in total. The van der Waals surface area contributed by atoms with E-state index >= 15 is 0 Å². The summed E-state index contributed by atoms with van der Waals surface area (Å²) in [6, 6.07) is 27.9. The van der Waals surface area contributed by atoms with Gasteiger partial charge in [-0.25, -0.2) is 0 Å². The lowest BCUT2D eigenvalue weighted by Crippen LogP contribution is -2.15. The highest BCUT2D eigenvalue weighted by molar-refractivity contribution is 5.80. The second-order valence-electron chi connectivity index (χ2n) is 6.58. The van der Waals surface area contributed by atoms with Crippen LogP contribution in [0.2, 0.25) is 0 Å². The zero-order valence-electron chi connectivity index (χ0n) is 13.6. The van der Waals surface area contributed by atoms with Crippen LogP contribution in [0.5, 0.6) is 5.75 Å². The van der Waals surface area contributed by atoms with Crippen molar-refractivity contribution in [2.24, 2.45) is 0 Å². The predicted octanol–water partition coefficient (Wildman–Crippen LogP) is 5.74. The first-order chi connectivity index (χ1) is 11.8. The van der Waals surface area contributed by atoms with E-state index in [0.29, 0.717) is 5.92 Å². The number of para-hydroxylation sites is 1. The van der Waals surface area contributed by atoms with Crippen LogP contribution in [0.1, 0.15) is 41.0 Å². The lowest BCUT2D eigenvalue weighted by atomic mass is 9.78. The highest BCUT2D eigenvalue weighted by Gasteiger charge is 2.39. The number of fused-ring (bicyclic) bond motifs is 3. The second kappa shape index (κ2) is 5.10. The Morgan fingerprint density at radius 3 is 2.21 bits per heavy atom. The predicted molar refractivity (Wildman–Crippen MR) is 97.1 cm³/mol. The molecular formula is C23H18O. The Bertz CT molecular complexity index is 953. The molecule has 1 aliphatic carbocycles. The van der Waals surface area contributed by atoms with Crippen LogP contribution in [-0.2, 0) is 0 Å². The molecule has 3 aromatic carbocycles. The fourth-order valence-corrected chi connectivity index (χ4v) is 4.19. The van der Waals surface area contributed by atoms with Crippen LogP contribution in [0.4, 0.5) is 0 Å². The van der Waals surface area contributed by atoms with E-state index in [2.05, 4.69) is 85.8 Å². The van der Waals surface area contributed by atoms with Gasteiger partial charge in [0, 0.05) is 23.0 Å². The van der Waals surface area contributed by atoms with E-state index in [1.807, 2.05) is 0 Å². The molecule has 1 heterocycles. The van der Waals surface area contributed by atoms with Gasteiger partial charge >= 0.3 is 0 Å². The third-order valence-corrected chi connectivity index (χ3v) is 5.29. The normalized spacial score (nSPS) is 20.9. The number of allylic oxidation sites excluding steroid dienone is 1. The maximum Gasteiger partial charge on any atom is 0.135 e. The van der Waals surface area contributed by atoms with E-state index in [1.54, 1.807) is 0 Å². The second-order valence-corrected chi connectivity index (χ2v) is 6.58. The van der Waals surface area contributed by atoms with Gasteiger partial charge in [0.05, 0.1) is 0 Å². The quantitative estimate of drug-likeness (QED) is 0.557. The molecule has 0 unspecified atom stereocenters. The van der Waals surface area contributed by atoms with Crippen molar-refractivity contribution in [1.29, 1.82) is 0 Å². The first-order valence-corrected chi connectivity index (χ1v) is 8.49. The molecule has 0 radical (unpaired) electrons. The molecule has 0 aromatic heterocycles. The van der Waals surface area contributed by atoms with Crippen LogP contribution in [0.25, 0.3) is 5.76 Å². The van der Waals surface area contributed by atoms with Crippen molar-refractivity contribution < 1.29 is 4.74 Å². The van der Waals surface area contributed by atoms with Gasteiger partial charge in [0.2, 0.25) is 0 Å². The summed E-state index contributed by atoms with van der Waals surface area (Å²) in [7, 11) is 0. The van der Waals surface area contributed by atoms with Gasteiger partial charge in [0.15, 0.2) is 0 Å². The molecule has 2 aliphatic rings. The molecule has 116 valence electrons. The maximum atomic E-state index is 6.38. The Balaban J connectivity index is 1.78. The summed E-state index contributed by atoms with van der Waals surface area (Å²) in [4.78, 5) is 0. The van der Waals surface area contributed by atoms with Gasteiger partial charge in [-0.15, -0.1) is 0 Å². The minimum absolute atomic E-state index is 0.258. The van der Waals surface area contributed by atoms with E-state index < -0.39 is 0 Å². The van der Waals surface area contributed by atoms with Crippen LogP contribution in [0.15, 0.2) is 84.4 Å². The summed E-state index contributed by atoms with van der Waals surface area (Å²) < 4.78 is 6.38. The van der Waals surface area contributed by atoms with E-state index in [9.17, 15) is 0 Å². The lowest BCUT2D eigenvalue weighted by molar-refractivity contribution is 0.483. The fourth-order valence-electron chi connectivity index (χ4n) is 4.19. The van der Waals surface area contributed by atoms with E-state index in [-0.39, 0.29) is 5.92 Å². The van der Waals surface area contributed by atoms with Gasteiger partial charge in [-0.3, -0.25) is 0 Å². The first kappa shape index (κ1) is 13.6. The van der Waals surface area contributed by atoms with Crippen molar-refractivity contribution in [3.8, 4) is 5.75 Å². The smallest absolute Gasteiger partial charge is 0.135 e. The van der Waals surface area contributed by atoms with Gasteiger partial charge in [-0.2, -0.15) is 0 Å². The van der Waals surface area contributed by atoms with E-state index in [1.165, 1.54) is 27.8 Å². The third kappa shape index (κ3) is 1.81. The number of ether oxygens (including phenoxy) is 1. The molecule has 2 atom stereocenters. The van der Waals surface area contributed by atoms with Crippen LogP contribution in [0, 0.1) is 0 Å². The van der Waals surface area contributed by atoms with Gasteiger partial charge in [0.1, 0.15) is 11.5 Å². The minimum atomic E-state index is 0.258. The Labute approximate surface area is 142 Å². The molecule has 1 aliphatic heterocycles. The Hall–Kier alpha value is -2.80. The van der Waals surface area contributed by atoms with Crippen molar-refractivity contribution in [3.05, 3.63) is 107 Å². The van der Waals surface area contributed by atoms with Crippen molar-refractivity contribution in [3.63, 3.8) is 0 Å². The summed E-state index contributed by atoms with van der Waals surface area (Å²) in [6.07, 6.45) is 0. The Kier molecular flexibility index (Phi) is 2.90. The molecule has 0 amide bonds. The molecule has 0 saturated heterocycles. The van der Waals surface area contributed by atoms with Crippen LogP contribution >= 0.6 is 0 Å². The molecule has 3 aromatic rings. The summed E-state index contributed by atoms with van der Waals surface area (Å²) in [6.45, 7) is 2.30. The maximum absolute atomic E-state index is 6.38. The lowest BCUT2D eigenvalue weighted by Gasteiger charge is -2.30. The van der Waals surface area contributed by atoms with Crippen LogP contribution in [0.3, 0.4) is 0 Å². The number of rotatable bonds is 1. The topological polar surface area (TPSA) is 9.23 Å². The van der Waals surface area contributed by atoms with Crippen LogP contribution in [-0.4, -0.2) is 0 Å². The zero-order valence-corrected chi connectivity index (χ0v) is 13.6. The summed E-state index contributed by atoms with van der Waals surface area (Å²) in [5.74, 6) is 2.67. The molecule has 0 fully saturated rings. The van der Waals surface area contributed by atoms with Gasteiger partial charge in [-0.1, -0.05) is 79.7 Å². The minimum Gasteiger partial charge on any atom is -0.456 e. The summed E-state index contributed by atoms with van der Waals surface area (Å²) in [5, 5.41) is 0. The Morgan fingerprint density at radius 1 is 0.708 bits per heavy atom. The van der Waals surface area contributed by atoms with Gasteiger partial charge in [0.25, 0.3) is 0 Å². The SMILES string of the molecule is C[C@@H]1C2=C(Oc3ccccc3[C@H]2c2ccccc2)c2ccccc21. The number of hydrogen-bond acceptors (Lipinski definition) is 1. The fraction of sp³-hybridized carbons (Fsp3) is 0.130. The van der Waals surface area contributed by atoms with E-state index in [4.69, 9.17) is 4.74 Å². The number of benzene rings is 3. The largest absolute Gasteiger partial charge is 0.456 e. The summed E-state index contributed by atoms with van der Waals surface area (Å²) in [5.41, 5.74) is 6.61. The molecule has 1 nitrogen and oxygen atoms in total. The molecule has 0 spiro atoms. The molecule has 1 heteroatoms. The summed E-state index contributed by atoms with van der Waals surface area (Å²) >= 11 is 0. The monoisotopic (exact) mass is 310 g/mol. The average molecular weight is 310 g/mol. The third-order valence-electron chi connectivity index (χ3n) is 5.29. The van der Waals surface area contributed by atoms with Crippen molar-refractivity contribution in [1.82, 2.24) is 0 Å². The standard InChI is InChI=1S/C23H18O/c1-15-17-11-5-6-12-18(17)23-21(15)22(16-9-3-2-4-10-16)19-13-7-8-14-20(19)24-23/h2-15,22H,1H3/t15-,22+/m0/s1. The molecular weight excluding hydrogens is 292 g/mol. The van der Waals surface area contributed by atoms with Crippen molar-refractivity contribution >= 4 is 5.76 Å². The van der Waals surface area contributed by atoms with Gasteiger partial charge < -0.3 is 4.74 Å². The van der Waals surface area contributed by atoms with Gasteiger partial charge in [-0.05, 0) is 22.8 Å². The Morgan fingerprint density at radius 2 is 1.38 bits per heavy atom. The first-order valence-electron chi connectivity index (χ1n) is 8.49.